The molecule has 0 aliphatic carbocycles. The van der Waals surface area contributed by atoms with Gasteiger partial charge in [0.25, 0.3) is 0 Å². The summed E-state index contributed by atoms with van der Waals surface area (Å²) in [4.78, 5) is 13.1. The molecular weight excluding hydrogens is 284 g/mol. The molecule has 1 fully saturated rings. The Morgan fingerprint density at radius 3 is 2.80 bits per heavy atom. The zero-order chi connectivity index (χ0) is 11.0. The van der Waals surface area contributed by atoms with E-state index in [1.165, 1.54) is 12.1 Å². The topological polar surface area (TPSA) is 20.3 Å². The van der Waals surface area contributed by atoms with Crippen LogP contribution in [0.15, 0.2) is 18.2 Å². The number of carbonyl (C=O) groups excluding carboxylic acids is 1. The number of alkyl halides is 1. The van der Waals surface area contributed by atoms with E-state index in [2.05, 4.69) is 15.9 Å². The van der Waals surface area contributed by atoms with Crippen LogP contribution < -0.4 is 4.90 Å². The molecule has 1 amide bonds. The summed E-state index contributed by atoms with van der Waals surface area (Å²) >= 11 is 8.93. The van der Waals surface area contributed by atoms with Crippen LogP contribution in [0.3, 0.4) is 0 Å². The summed E-state index contributed by atoms with van der Waals surface area (Å²) in [6.07, 6.45) is 0.758. The summed E-state index contributed by atoms with van der Waals surface area (Å²) < 4.78 is 12.9. The highest BCUT2D eigenvalue weighted by Crippen LogP contribution is 2.28. The number of hydrogen-bond acceptors (Lipinski definition) is 1. The Hall–Kier alpha value is -0.610. The molecule has 1 aromatic rings. The van der Waals surface area contributed by atoms with Crippen molar-refractivity contribution < 1.29 is 9.18 Å². The van der Waals surface area contributed by atoms with Gasteiger partial charge in [0.1, 0.15) is 5.82 Å². The summed E-state index contributed by atoms with van der Waals surface area (Å²) in [6, 6.07) is 4.30. The Morgan fingerprint density at radius 2 is 2.27 bits per heavy atom. The van der Waals surface area contributed by atoms with Crippen LogP contribution in [0.5, 0.6) is 0 Å². The van der Waals surface area contributed by atoms with Gasteiger partial charge in [0.2, 0.25) is 5.91 Å². The number of rotatable bonds is 1. The van der Waals surface area contributed by atoms with Gasteiger partial charge in [-0.2, -0.15) is 0 Å². The number of amides is 1. The smallest absolute Gasteiger partial charge is 0.240 e. The van der Waals surface area contributed by atoms with Gasteiger partial charge in [0.05, 0.1) is 9.85 Å². The molecule has 0 aromatic heterocycles. The second-order valence-corrected chi connectivity index (χ2v) is 4.86. The van der Waals surface area contributed by atoms with E-state index in [1.807, 2.05) is 0 Å². The molecule has 1 heterocycles. The molecule has 1 aliphatic heterocycles. The van der Waals surface area contributed by atoms with Crippen molar-refractivity contribution in [3.8, 4) is 0 Å². The zero-order valence-electron chi connectivity index (χ0n) is 7.71. The molecule has 2 nitrogen and oxygen atoms in total. The Kier molecular flexibility index (Phi) is 2.98. The van der Waals surface area contributed by atoms with Gasteiger partial charge < -0.3 is 4.90 Å². The molecule has 80 valence electrons. The van der Waals surface area contributed by atoms with Crippen molar-refractivity contribution in [3.05, 3.63) is 29.0 Å². The first-order valence-corrected chi connectivity index (χ1v) is 5.79. The van der Waals surface area contributed by atoms with E-state index in [0.717, 1.165) is 6.42 Å². The van der Waals surface area contributed by atoms with Crippen molar-refractivity contribution in [2.24, 2.45) is 0 Å². The number of carbonyl (C=O) groups is 1. The molecule has 1 saturated heterocycles. The third kappa shape index (κ3) is 2.01. The summed E-state index contributed by atoms with van der Waals surface area (Å²) in [5.74, 6) is -0.472. The maximum absolute atomic E-state index is 12.9. The first-order chi connectivity index (χ1) is 7.09. The van der Waals surface area contributed by atoms with E-state index < -0.39 is 5.82 Å². The Labute approximate surface area is 100 Å². The third-order valence-corrected chi connectivity index (χ3v) is 3.49. The summed E-state index contributed by atoms with van der Waals surface area (Å²) in [6.45, 7) is 0.636. The van der Waals surface area contributed by atoms with Gasteiger partial charge in [-0.05, 0) is 24.6 Å². The van der Waals surface area contributed by atoms with Crippen LogP contribution >= 0.6 is 27.5 Å². The summed E-state index contributed by atoms with van der Waals surface area (Å²) in [5, 5.41) is 0.0401. The second kappa shape index (κ2) is 4.10. The van der Waals surface area contributed by atoms with Gasteiger partial charge in [-0.15, -0.1) is 0 Å². The van der Waals surface area contributed by atoms with Crippen molar-refractivity contribution in [1.29, 1.82) is 0 Å². The van der Waals surface area contributed by atoms with E-state index in [1.54, 1.807) is 11.0 Å². The van der Waals surface area contributed by atoms with Crippen LogP contribution in [0.1, 0.15) is 6.42 Å². The lowest BCUT2D eigenvalue weighted by Crippen LogP contribution is -2.26. The Morgan fingerprint density at radius 1 is 1.53 bits per heavy atom. The number of benzene rings is 1. The van der Waals surface area contributed by atoms with E-state index in [9.17, 15) is 9.18 Å². The molecule has 15 heavy (non-hydrogen) atoms. The predicted molar refractivity (Wildman–Crippen MR) is 61.1 cm³/mol. The van der Waals surface area contributed by atoms with Crippen LogP contribution in [-0.2, 0) is 4.79 Å². The Bertz CT molecular complexity index is 412. The van der Waals surface area contributed by atoms with Gasteiger partial charge in [-0.1, -0.05) is 27.5 Å². The van der Waals surface area contributed by atoms with Gasteiger partial charge in [-0.3, -0.25) is 4.79 Å². The predicted octanol–water partition coefficient (Wildman–Crippen LogP) is 2.98. The average Bonchev–Trinajstić information content (AvgIpc) is 2.53. The van der Waals surface area contributed by atoms with E-state index in [-0.39, 0.29) is 15.8 Å². The molecule has 1 atom stereocenters. The van der Waals surface area contributed by atoms with Crippen molar-refractivity contribution in [2.75, 3.05) is 11.4 Å². The van der Waals surface area contributed by atoms with E-state index in [0.29, 0.717) is 12.2 Å². The number of halogens is 3. The van der Waals surface area contributed by atoms with Crippen molar-refractivity contribution in [3.63, 3.8) is 0 Å². The van der Waals surface area contributed by atoms with E-state index in [4.69, 9.17) is 11.6 Å². The second-order valence-electron chi connectivity index (χ2n) is 3.34. The molecule has 0 N–H and O–H groups in total. The molecule has 2 rings (SSSR count). The van der Waals surface area contributed by atoms with Crippen LogP contribution in [-0.4, -0.2) is 17.3 Å². The third-order valence-electron chi connectivity index (χ3n) is 2.35. The highest BCUT2D eigenvalue weighted by atomic mass is 79.9. The first-order valence-electron chi connectivity index (χ1n) is 4.50. The summed E-state index contributed by atoms with van der Waals surface area (Å²) in [7, 11) is 0. The van der Waals surface area contributed by atoms with Crippen LogP contribution in [0, 0.1) is 5.82 Å². The highest BCUT2D eigenvalue weighted by molar-refractivity contribution is 9.10. The van der Waals surface area contributed by atoms with Crippen molar-refractivity contribution >= 4 is 39.1 Å². The maximum Gasteiger partial charge on any atom is 0.240 e. The van der Waals surface area contributed by atoms with Gasteiger partial charge in [0.15, 0.2) is 0 Å². The number of anilines is 1. The lowest BCUT2D eigenvalue weighted by Gasteiger charge is -2.16. The van der Waals surface area contributed by atoms with Gasteiger partial charge in [-0.25, -0.2) is 4.39 Å². The molecule has 1 aromatic carbocycles. The SMILES string of the molecule is O=C1[C@H](Br)CCN1c1ccc(F)c(Cl)c1. The molecular formula is C10H8BrClFNO. The lowest BCUT2D eigenvalue weighted by atomic mass is 10.3. The standard InChI is InChI=1S/C10H8BrClFNO/c11-7-3-4-14(10(7)15)6-1-2-9(13)8(12)5-6/h1-2,5,7H,3-4H2/t7-/m1/s1. The summed E-state index contributed by atoms with van der Waals surface area (Å²) in [5.41, 5.74) is 0.647. The van der Waals surface area contributed by atoms with Gasteiger partial charge >= 0.3 is 0 Å². The van der Waals surface area contributed by atoms with Crippen molar-refractivity contribution in [2.45, 2.75) is 11.2 Å². The quantitative estimate of drug-likeness (QED) is 0.729. The molecule has 0 saturated carbocycles. The fourth-order valence-corrected chi connectivity index (χ4v) is 2.18. The molecule has 1 aliphatic rings. The maximum atomic E-state index is 12.9. The largest absolute Gasteiger partial charge is 0.311 e. The van der Waals surface area contributed by atoms with Crippen LogP contribution in [0.2, 0.25) is 5.02 Å². The zero-order valence-corrected chi connectivity index (χ0v) is 10.1. The lowest BCUT2D eigenvalue weighted by molar-refractivity contribution is -0.116. The molecule has 5 heteroatoms. The monoisotopic (exact) mass is 291 g/mol. The van der Waals surface area contributed by atoms with Crippen molar-refractivity contribution in [1.82, 2.24) is 0 Å². The van der Waals surface area contributed by atoms with Crippen LogP contribution in [0.4, 0.5) is 10.1 Å². The fraction of sp³-hybridized carbons (Fsp3) is 0.300. The Balaban J connectivity index is 2.31. The highest BCUT2D eigenvalue weighted by Gasteiger charge is 2.30. The minimum atomic E-state index is -0.470. The number of nitrogens with zero attached hydrogens (tertiary/aromatic N) is 1. The molecule has 0 bridgehead atoms. The van der Waals surface area contributed by atoms with E-state index >= 15 is 0 Å². The fourth-order valence-electron chi connectivity index (χ4n) is 1.55. The minimum absolute atomic E-state index is 0.00215. The molecule has 0 unspecified atom stereocenters. The first kappa shape index (κ1) is 10.9. The average molecular weight is 293 g/mol. The minimum Gasteiger partial charge on any atom is -0.311 e. The van der Waals surface area contributed by atoms with Crippen LogP contribution in [0.25, 0.3) is 0 Å². The molecule has 0 radical (unpaired) electrons. The van der Waals surface area contributed by atoms with Gasteiger partial charge in [0, 0.05) is 12.2 Å². The molecule has 0 spiro atoms. The number of hydrogen-bond donors (Lipinski definition) is 0. The normalized spacial score (nSPS) is 21.1.